The van der Waals surface area contributed by atoms with Crippen LogP contribution in [0.25, 0.3) is 0 Å². The van der Waals surface area contributed by atoms with Crippen LogP contribution in [0.2, 0.25) is 5.02 Å². The Balaban J connectivity index is 2.60. The van der Waals surface area contributed by atoms with Gasteiger partial charge in [0.1, 0.15) is 11.3 Å². The van der Waals surface area contributed by atoms with E-state index >= 15 is 0 Å². The molecule has 0 aliphatic carbocycles. The quantitative estimate of drug-likeness (QED) is 0.707. The molecule has 0 spiro atoms. The Morgan fingerprint density at radius 3 is 2.94 bits per heavy atom. The van der Waals surface area contributed by atoms with Gasteiger partial charge in [0.15, 0.2) is 0 Å². The Labute approximate surface area is 98.1 Å². The van der Waals surface area contributed by atoms with Crippen molar-refractivity contribution in [2.45, 2.75) is 12.5 Å². The number of pyridine rings is 1. The zero-order valence-corrected chi connectivity index (χ0v) is 9.53. The summed E-state index contributed by atoms with van der Waals surface area (Å²) < 4.78 is 0. The Kier molecular flexibility index (Phi) is 4.23. The number of amides is 1. The third-order valence-electron chi connectivity index (χ3n) is 1.93. The summed E-state index contributed by atoms with van der Waals surface area (Å²) in [7, 11) is 0. The van der Waals surface area contributed by atoms with Gasteiger partial charge in [-0.05, 0) is 19.1 Å². The van der Waals surface area contributed by atoms with Crippen molar-refractivity contribution in [3.8, 4) is 0 Å². The van der Waals surface area contributed by atoms with Crippen LogP contribution in [0, 0.1) is 0 Å². The van der Waals surface area contributed by atoms with Crippen LogP contribution < -0.4 is 5.32 Å². The molecule has 1 aromatic rings. The van der Waals surface area contributed by atoms with Gasteiger partial charge in [0.25, 0.3) is 5.91 Å². The highest BCUT2D eigenvalue weighted by atomic mass is 35.5. The molecule has 0 aliphatic heterocycles. The zero-order valence-electron chi connectivity index (χ0n) is 8.77. The lowest BCUT2D eigenvalue weighted by Crippen LogP contribution is -2.43. The second kappa shape index (κ2) is 5.25. The van der Waals surface area contributed by atoms with E-state index in [2.05, 4.69) is 10.3 Å². The van der Waals surface area contributed by atoms with Crippen molar-refractivity contribution in [3.05, 3.63) is 29.0 Å². The molecule has 0 bridgehead atoms. The SMILES string of the molecule is CC(O)(CO)CNC(=O)c1cc(Cl)ccn1. The van der Waals surface area contributed by atoms with E-state index in [4.69, 9.17) is 16.7 Å². The maximum Gasteiger partial charge on any atom is 0.270 e. The van der Waals surface area contributed by atoms with Gasteiger partial charge in [0.2, 0.25) is 0 Å². The minimum absolute atomic E-state index is 0.0590. The molecule has 0 aromatic carbocycles. The van der Waals surface area contributed by atoms with E-state index in [1.54, 1.807) is 6.07 Å². The summed E-state index contributed by atoms with van der Waals surface area (Å²) in [5, 5.41) is 21.1. The van der Waals surface area contributed by atoms with Crippen LogP contribution in [0.1, 0.15) is 17.4 Å². The molecule has 1 amide bonds. The summed E-state index contributed by atoms with van der Waals surface area (Å²) in [5.41, 5.74) is -1.17. The van der Waals surface area contributed by atoms with Crippen LogP contribution in [-0.4, -0.2) is 39.9 Å². The fourth-order valence-corrected chi connectivity index (χ4v) is 1.11. The first-order valence-corrected chi connectivity index (χ1v) is 5.05. The molecule has 1 heterocycles. The summed E-state index contributed by atoms with van der Waals surface area (Å²) in [6, 6.07) is 2.98. The highest BCUT2D eigenvalue weighted by Gasteiger charge is 2.20. The first-order valence-electron chi connectivity index (χ1n) is 4.67. The molecule has 6 heteroatoms. The van der Waals surface area contributed by atoms with Crippen molar-refractivity contribution < 1.29 is 15.0 Å². The normalized spacial score (nSPS) is 14.2. The Bertz CT molecular complexity index is 382. The predicted octanol–water partition coefficient (Wildman–Crippen LogP) is 0.208. The molecule has 0 saturated heterocycles. The molecule has 1 rings (SSSR count). The summed E-state index contributed by atoms with van der Waals surface area (Å²) in [5.74, 6) is -0.448. The number of carbonyl (C=O) groups is 1. The van der Waals surface area contributed by atoms with Gasteiger partial charge >= 0.3 is 0 Å². The Morgan fingerprint density at radius 2 is 2.38 bits per heavy atom. The summed E-state index contributed by atoms with van der Waals surface area (Å²) >= 11 is 5.70. The fourth-order valence-electron chi connectivity index (χ4n) is 0.946. The summed E-state index contributed by atoms with van der Waals surface area (Å²) in [4.78, 5) is 15.4. The van der Waals surface area contributed by atoms with Crippen LogP contribution in [0.3, 0.4) is 0 Å². The largest absolute Gasteiger partial charge is 0.393 e. The fraction of sp³-hybridized carbons (Fsp3) is 0.400. The van der Waals surface area contributed by atoms with Crippen molar-refractivity contribution in [2.24, 2.45) is 0 Å². The molecule has 0 radical (unpaired) electrons. The van der Waals surface area contributed by atoms with Crippen molar-refractivity contribution in [1.29, 1.82) is 0 Å². The molecule has 0 saturated carbocycles. The molecule has 1 atom stereocenters. The first-order chi connectivity index (χ1) is 7.44. The third kappa shape index (κ3) is 3.77. The lowest BCUT2D eigenvalue weighted by atomic mass is 10.1. The number of rotatable bonds is 4. The maximum absolute atomic E-state index is 11.5. The van der Waals surface area contributed by atoms with Crippen molar-refractivity contribution in [1.82, 2.24) is 10.3 Å². The van der Waals surface area contributed by atoms with E-state index in [-0.39, 0.29) is 12.2 Å². The van der Waals surface area contributed by atoms with Gasteiger partial charge in [-0.1, -0.05) is 11.6 Å². The molecule has 1 unspecified atom stereocenters. The lowest BCUT2D eigenvalue weighted by Gasteiger charge is -2.20. The topological polar surface area (TPSA) is 82.5 Å². The molecule has 16 heavy (non-hydrogen) atoms. The number of nitrogens with zero attached hydrogens (tertiary/aromatic N) is 1. The lowest BCUT2D eigenvalue weighted by molar-refractivity contribution is 0.00316. The van der Waals surface area contributed by atoms with Crippen molar-refractivity contribution in [2.75, 3.05) is 13.2 Å². The first kappa shape index (κ1) is 12.9. The van der Waals surface area contributed by atoms with Crippen LogP contribution >= 0.6 is 11.6 Å². The Hall–Kier alpha value is -1.17. The number of aliphatic hydroxyl groups excluding tert-OH is 1. The number of nitrogens with one attached hydrogen (secondary N) is 1. The zero-order chi connectivity index (χ0) is 12.2. The second-order valence-corrected chi connectivity index (χ2v) is 4.13. The summed E-state index contributed by atoms with van der Waals surface area (Å²) in [6.07, 6.45) is 1.42. The standard InChI is InChI=1S/C10H13ClN2O3/c1-10(16,6-14)5-13-9(15)8-4-7(11)2-3-12-8/h2-4,14,16H,5-6H2,1H3,(H,13,15). The molecule has 1 aromatic heterocycles. The minimum atomic E-state index is -1.34. The second-order valence-electron chi connectivity index (χ2n) is 3.70. The van der Waals surface area contributed by atoms with Gasteiger partial charge < -0.3 is 15.5 Å². The minimum Gasteiger partial charge on any atom is -0.393 e. The van der Waals surface area contributed by atoms with Gasteiger partial charge in [-0.25, -0.2) is 0 Å². The highest BCUT2D eigenvalue weighted by Crippen LogP contribution is 2.08. The van der Waals surface area contributed by atoms with Crippen molar-refractivity contribution >= 4 is 17.5 Å². The van der Waals surface area contributed by atoms with Gasteiger partial charge in [-0.3, -0.25) is 9.78 Å². The number of aliphatic hydroxyl groups is 2. The molecule has 3 N–H and O–H groups in total. The monoisotopic (exact) mass is 244 g/mol. The maximum atomic E-state index is 11.5. The average Bonchev–Trinajstić information content (AvgIpc) is 2.26. The van der Waals surface area contributed by atoms with E-state index in [1.165, 1.54) is 19.2 Å². The predicted molar refractivity (Wildman–Crippen MR) is 59.3 cm³/mol. The summed E-state index contributed by atoms with van der Waals surface area (Å²) in [6.45, 7) is 0.922. The smallest absolute Gasteiger partial charge is 0.270 e. The van der Waals surface area contributed by atoms with Crippen molar-refractivity contribution in [3.63, 3.8) is 0 Å². The van der Waals surface area contributed by atoms with Crippen LogP contribution in [-0.2, 0) is 0 Å². The third-order valence-corrected chi connectivity index (χ3v) is 2.16. The van der Waals surface area contributed by atoms with Crippen LogP contribution in [0.15, 0.2) is 18.3 Å². The van der Waals surface area contributed by atoms with E-state index in [0.29, 0.717) is 5.02 Å². The van der Waals surface area contributed by atoms with Gasteiger partial charge in [-0.15, -0.1) is 0 Å². The van der Waals surface area contributed by atoms with Crippen LogP contribution in [0.4, 0.5) is 0 Å². The molecule has 0 aliphatic rings. The highest BCUT2D eigenvalue weighted by molar-refractivity contribution is 6.30. The number of aromatic nitrogens is 1. The molecular weight excluding hydrogens is 232 g/mol. The number of hydrogen-bond donors (Lipinski definition) is 3. The molecule has 0 fully saturated rings. The van der Waals surface area contributed by atoms with Gasteiger partial charge in [0.05, 0.1) is 6.61 Å². The molecular formula is C10H13ClN2O3. The number of hydrogen-bond acceptors (Lipinski definition) is 4. The van der Waals surface area contributed by atoms with E-state index in [1.807, 2.05) is 0 Å². The average molecular weight is 245 g/mol. The van der Waals surface area contributed by atoms with E-state index in [0.717, 1.165) is 0 Å². The molecule has 5 nitrogen and oxygen atoms in total. The molecule has 88 valence electrons. The van der Waals surface area contributed by atoms with Gasteiger partial charge in [0, 0.05) is 17.8 Å². The van der Waals surface area contributed by atoms with Gasteiger partial charge in [-0.2, -0.15) is 0 Å². The van der Waals surface area contributed by atoms with E-state index in [9.17, 15) is 9.90 Å². The van der Waals surface area contributed by atoms with Crippen LogP contribution in [0.5, 0.6) is 0 Å². The Morgan fingerprint density at radius 1 is 1.69 bits per heavy atom. The number of halogens is 1. The van der Waals surface area contributed by atoms with E-state index < -0.39 is 18.1 Å². The number of carbonyl (C=O) groups excluding carboxylic acids is 1.